The van der Waals surface area contributed by atoms with Crippen LogP contribution in [0.25, 0.3) is 0 Å². The molecule has 0 unspecified atom stereocenters. The van der Waals surface area contributed by atoms with E-state index in [1.54, 1.807) is 0 Å². The van der Waals surface area contributed by atoms with E-state index in [0.29, 0.717) is 15.0 Å². The smallest absolute Gasteiger partial charge is 1.00 e. The fraction of sp³-hybridized carbons (Fsp3) is 0.250. The van der Waals surface area contributed by atoms with Gasteiger partial charge in [0.1, 0.15) is 0 Å². The van der Waals surface area contributed by atoms with Crippen LogP contribution in [0, 0.1) is 0 Å². The molecular weight excluding hydrogens is 175 g/mol. The summed E-state index contributed by atoms with van der Waals surface area (Å²) >= 11 is 0.710. The molecule has 0 bridgehead atoms. The van der Waals surface area contributed by atoms with Crippen LogP contribution in [0.15, 0.2) is 30.3 Å². The summed E-state index contributed by atoms with van der Waals surface area (Å²) in [6.45, 7) is 2.23. The van der Waals surface area contributed by atoms with E-state index < -0.39 is 0 Å². The zero-order chi connectivity index (χ0) is 6.53. The van der Waals surface area contributed by atoms with Crippen LogP contribution >= 0.6 is 0 Å². The van der Waals surface area contributed by atoms with Crippen LogP contribution < -0.4 is 4.46 Å². The number of hydrogen-bond donors (Lipinski definition) is 0. The maximum absolute atomic E-state index is 2.23. The molecule has 0 atom stereocenters. The summed E-state index contributed by atoms with van der Waals surface area (Å²) in [7, 11) is 0. The molecule has 1 rings (SSSR count). The summed E-state index contributed by atoms with van der Waals surface area (Å²) < 4.78 is 1.51. The van der Waals surface area contributed by atoms with Gasteiger partial charge < -0.3 is 0 Å². The molecule has 0 nitrogen and oxygen atoms in total. The predicted octanol–water partition coefficient (Wildman–Crippen LogP) is 1.57. The van der Waals surface area contributed by atoms with Gasteiger partial charge in [-0.15, -0.1) is 0 Å². The van der Waals surface area contributed by atoms with Gasteiger partial charge in [0.15, 0.2) is 0 Å². The molecule has 0 aliphatic carbocycles. The van der Waals surface area contributed by atoms with Crippen molar-refractivity contribution >= 4 is 19.4 Å². The molecule has 1 heteroatoms. The van der Waals surface area contributed by atoms with Crippen molar-refractivity contribution < 1.29 is 1.43 Å². The Labute approximate surface area is 63.9 Å². The molecule has 0 aliphatic rings. The first-order valence-corrected chi connectivity index (χ1v) is 5.18. The Bertz CT molecular complexity index is 162. The SMILES string of the molecule is CC[Se]c1ccccc1.[H+]. The average molecular weight is 186 g/mol. The van der Waals surface area contributed by atoms with Crippen LogP contribution in [0.2, 0.25) is 5.32 Å². The van der Waals surface area contributed by atoms with Gasteiger partial charge in [0.25, 0.3) is 0 Å². The van der Waals surface area contributed by atoms with Gasteiger partial charge in [0.2, 0.25) is 0 Å². The number of hydrogen-bond acceptors (Lipinski definition) is 0. The summed E-state index contributed by atoms with van der Waals surface area (Å²) in [6.07, 6.45) is 0. The maximum atomic E-state index is 2.23. The molecule has 0 aromatic heterocycles. The van der Waals surface area contributed by atoms with E-state index in [0.717, 1.165) is 0 Å². The third-order valence-electron chi connectivity index (χ3n) is 1.05. The Hall–Kier alpha value is -0.261. The Kier molecular flexibility index (Phi) is 2.82. The molecule has 0 spiro atoms. The fourth-order valence-electron chi connectivity index (χ4n) is 0.683. The first kappa shape index (κ1) is 6.85. The molecule has 0 aliphatic heterocycles. The Morgan fingerprint density at radius 2 is 2.00 bits per heavy atom. The van der Waals surface area contributed by atoms with Crippen LogP contribution in [0.3, 0.4) is 0 Å². The summed E-state index contributed by atoms with van der Waals surface area (Å²) in [5.74, 6) is 0. The molecule has 0 N–H and O–H groups in total. The van der Waals surface area contributed by atoms with Crippen molar-refractivity contribution in [1.29, 1.82) is 0 Å². The van der Waals surface area contributed by atoms with Crippen molar-refractivity contribution in [3.63, 3.8) is 0 Å². The summed E-state index contributed by atoms with van der Waals surface area (Å²) in [6, 6.07) is 10.7. The molecule has 0 fully saturated rings. The zero-order valence-corrected chi connectivity index (χ0v) is 7.22. The van der Waals surface area contributed by atoms with Gasteiger partial charge in [-0.3, -0.25) is 0 Å². The van der Waals surface area contributed by atoms with E-state index in [-0.39, 0.29) is 1.43 Å². The monoisotopic (exact) mass is 187 g/mol. The Balaban J connectivity index is 0.000000810. The van der Waals surface area contributed by atoms with Gasteiger partial charge in [0, 0.05) is 0 Å². The molecule has 48 valence electrons. The van der Waals surface area contributed by atoms with E-state index in [1.165, 1.54) is 9.78 Å². The van der Waals surface area contributed by atoms with Crippen molar-refractivity contribution in [2.75, 3.05) is 0 Å². The average Bonchev–Trinajstić information content (AvgIpc) is 1.91. The molecule has 1 aromatic carbocycles. The molecule has 9 heavy (non-hydrogen) atoms. The van der Waals surface area contributed by atoms with Crippen LogP contribution in [-0.2, 0) is 0 Å². The van der Waals surface area contributed by atoms with Crippen LogP contribution in [-0.4, -0.2) is 15.0 Å². The van der Waals surface area contributed by atoms with Gasteiger partial charge in [-0.1, -0.05) is 0 Å². The molecule has 1 aromatic rings. The Morgan fingerprint density at radius 3 is 2.56 bits per heavy atom. The minimum absolute atomic E-state index is 0. The summed E-state index contributed by atoms with van der Waals surface area (Å²) in [4.78, 5) is 0. The second-order valence-corrected chi connectivity index (χ2v) is 4.55. The second-order valence-electron chi connectivity index (χ2n) is 1.75. The summed E-state index contributed by atoms with van der Waals surface area (Å²) in [5.41, 5.74) is 0. The maximum Gasteiger partial charge on any atom is 1.00 e. The van der Waals surface area contributed by atoms with E-state index in [1.807, 2.05) is 0 Å². The van der Waals surface area contributed by atoms with Gasteiger partial charge in [-0.25, -0.2) is 0 Å². The molecule has 0 heterocycles. The topological polar surface area (TPSA) is 0 Å². The number of rotatable bonds is 2. The van der Waals surface area contributed by atoms with Crippen molar-refractivity contribution in [2.45, 2.75) is 12.2 Å². The van der Waals surface area contributed by atoms with Gasteiger partial charge >= 0.3 is 63.4 Å². The van der Waals surface area contributed by atoms with Crippen LogP contribution in [0.1, 0.15) is 8.35 Å². The number of benzene rings is 1. The van der Waals surface area contributed by atoms with Gasteiger partial charge in [-0.2, -0.15) is 0 Å². The second kappa shape index (κ2) is 3.71. The normalized spacial score (nSPS) is 9.44. The molecule has 0 saturated heterocycles. The van der Waals surface area contributed by atoms with E-state index in [4.69, 9.17) is 0 Å². The third kappa shape index (κ3) is 2.21. The Morgan fingerprint density at radius 1 is 1.33 bits per heavy atom. The first-order valence-electron chi connectivity index (χ1n) is 3.11. The van der Waals surface area contributed by atoms with Crippen molar-refractivity contribution in [3.05, 3.63) is 30.3 Å². The van der Waals surface area contributed by atoms with E-state index in [9.17, 15) is 0 Å². The van der Waals surface area contributed by atoms with E-state index in [2.05, 4.69) is 37.3 Å². The standard InChI is InChI=1S/C8H10Se/c1-2-9-8-6-4-3-5-7-8/h3-7H,2H2,1H3/p+1. The molecule has 0 amide bonds. The molecule has 0 saturated carbocycles. The van der Waals surface area contributed by atoms with Gasteiger partial charge in [0.05, 0.1) is 0 Å². The van der Waals surface area contributed by atoms with Crippen molar-refractivity contribution in [3.8, 4) is 0 Å². The minimum atomic E-state index is 0. The van der Waals surface area contributed by atoms with Crippen molar-refractivity contribution in [1.82, 2.24) is 0 Å². The fourth-order valence-corrected chi connectivity index (χ4v) is 2.12. The van der Waals surface area contributed by atoms with Crippen LogP contribution in [0.4, 0.5) is 0 Å². The van der Waals surface area contributed by atoms with E-state index >= 15 is 0 Å². The van der Waals surface area contributed by atoms with Gasteiger partial charge in [-0.05, 0) is 0 Å². The first-order chi connectivity index (χ1) is 4.43. The molecular formula is C8H11Se+. The summed E-state index contributed by atoms with van der Waals surface area (Å²) in [5, 5.41) is 1.30. The molecule has 0 radical (unpaired) electrons. The third-order valence-corrected chi connectivity index (χ3v) is 2.93. The van der Waals surface area contributed by atoms with Crippen LogP contribution in [0.5, 0.6) is 0 Å². The zero-order valence-electron chi connectivity index (χ0n) is 6.50. The largest absolute Gasteiger partial charge is 1.00 e. The van der Waals surface area contributed by atoms with Crippen molar-refractivity contribution in [2.24, 2.45) is 0 Å². The predicted molar refractivity (Wildman–Crippen MR) is 43.4 cm³/mol. The quantitative estimate of drug-likeness (QED) is 0.615. The minimum Gasteiger partial charge on any atom is 1.00 e.